The van der Waals surface area contributed by atoms with E-state index in [0.717, 1.165) is 11.1 Å². The molecule has 2 aliphatic heterocycles. The number of hydrogen-bond donors (Lipinski definition) is 0. The van der Waals surface area contributed by atoms with E-state index in [9.17, 15) is 9.59 Å². The Morgan fingerprint density at radius 2 is 1.93 bits per heavy atom. The van der Waals surface area contributed by atoms with Crippen LogP contribution in [0.1, 0.15) is 37.7 Å². The predicted molar refractivity (Wildman–Crippen MR) is 101 cm³/mol. The molecule has 1 fully saturated rings. The minimum atomic E-state index is -0.877. The van der Waals surface area contributed by atoms with Crippen LogP contribution >= 0.6 is 0 Å². The van der Waals surface area contributed by atoms with Gasteiger partial charge in [0.2, 0.25) is 0 Å². The number of carbonyl (C=O) groups is 2. The molecule has 3 aromatic rings. The lowest BCUT2D eigenvalue weighted by Crippen LogP contribution is -2.60. The summed E-state index contributed by atoms with van der Waals surface area (Å²) in [6.07, 6.45) is 3.28. The van der Waals surface area contributed by atoms with Crippen LogP contribution in [0.2, 0.25) is 0 Å². The topological polar surface area (TPSA) is 71.6 Å². The average molecular weight is 376 g/mol. The van der Waals surface area contributed by atoms with E-state index in [1.54, 1.807) is 11.8 Å². The van der Waals surface area contributed by atoms with Crippen molar-refractivity contribution in [2.75, 3.05) is 13.1 Å². The Balaban J connectivity index is 1.70. The highest BCUT2D eigenvalue weighted by atomic mass is 16.5. The highest BCUT2D eigenvalue weighted by Crippen LogP contribution is 2.43. The van der Waals surface area contributed by atoms with Gasteiger partial charge in [0.15, 0.2) is 5.66 Å². The van der Waals surface area contributed by atoms with Gasteiger partial charge in [-0.25, -0.2) is 0 Å². The molecule has 28 heavy (non-hydrogen) atoms. The van der Waals surface area contributed by atoms with Crippen LogP contribution in [0, 0.1) is 13.8 Å². The van der Waals surface area contributed by atoms with Crippen LogP contribution in [0.5, 0.6) is 0 Å². The van der Waals surface area contributed by atoms with E-state index in [4.69, 9.17) is 4.52 Å². The first-order valence-electron chi connectivity index (χ1n) is 9.29. The smallest absolute Gasteiger partial charge is 0.272 e. The van der Waals surface area contributed by atoms with Gasteiger partial charge in [-0.1, -0.05) is 35.0 Å². The number of amides is 2. The third-order valence-corrected chi connectivity index (χ3v) is 5.86. The van der Waals surface area contributed by atoms with Crippen molar-refractivity contribution in [2.45, 2.75) is 26.1 Å². The first-order chi connectivity index (χ1) is 13.5. The Hall–Kier alpha value is -3.35. The maximum atomic E-state index is 13.5. The van der Waals surface area contributed by atoms with Gasteiger partial charge in [0.1, 0.15) is 17.5 Å². The molecule has 142 valence electrons. The van der Waals surface area contributed by atoms with Crippen LogP contribution in [-0.4, -0.2) is 44.4 Å². The third kappa shape index (κ3) is 2.13. The first-order valence-corrected chi connectivity index (χ1v) is 9.29. The fraction of sp³-hybridized carbons (Fsp3) is 0.286. The number of aryl methyl sites for hydroxylation is 2. The molecule has 1 aromatic carbocycles. The molecular formula is C21H20N4O3. The molecule has 0 bridgehead atoms. The summed E-state index contributed by atoms with van der Waals surface area (Å²) in [6.45, 7) is 5.19. The standard InChI is InChI=1S/C21H20N4O3/c1-14-5-7-16(8-6-14)21-13-23-9-3-4-18(23)20(27)25(21)11-10-24(21)19(26)17-12-28-22-15(17)2/h3-9,12H,10-11,13H2,1-2H3. The summed E-state index contributed by atoms with van der Waals surface area (Å²) in [7, 11) is 0. The molecule has 2 aliphatic rings. The fourth-order valence-corrected chi connectivity index (χ4v) is 4.41. The summed E-state index contributed by atoms with van der Waals surface area (Å²) >= 11 is 0. The van der Waals surface area contributed by atoms with Gasteiger partial charge in [0, 0.05) is 19.3 Å². The van der Waals surface area contributed by atoms with Crippen molar-refractivity contribution in [3.63, 3.8) is 0 Å². The molecule has 1 unspecified atom stereocenters. The molecule has 2 aromatic heterocycles. The number of rotatable bonds is 2. The molecule has 0 spiro atoms. The largest absolute Gasteiger partial charge is 0.364 e. The van der Waals surface area contributed by atoms with Gasteiger partial charge in [-0.05, 0) is 31.5 Å². The number of fused-ring (bicyclic) bond motifs is 2. The van der Waals surface area contributed by atoms with E-state index in [-0.39, 0.29) is 11.8 Å². The van der Waals surface area contributed by atoms with Crippen molar-refractivity contribution in [2.24, 2.45) is 0 Å². The second kappa shape index (κ2) is 5.82. The van der Waals surface area contributed by atoms with Crippen molar-refractivity contribution < 1.29 is 14.1 Å². The summed E-state index contributed by atoms with van der Waals surface area (Å²) < 4.78 is 6.93. The summed E-state index contributed by atoms with van der Waals surface area (Å²) in [5.41, 5.74) is 2.80. The third-order valence-electron chi connectivity index (χ3n) is 5.86. The quantitative estimate of drug-likeness (QED) is 0.689. The molecule has 1 atom stereocenters. The Morgan fingerprint density at radius 1 is 1.14 bits per heavy atom. The van der Waals surface area contributed by atoms with Gasteiger partial charge in [-0.2, -0.15) is 0 Å². The molecule has 1 saturated heterocycles. The molecule has 5 rings (SSSR count). The first kappa shape index (κ1) is 16.8. The van der Waals surface area contributed by atoms with Crippen LogP contribution in [0.4, 0.5) is 0 Å². The maximum Gasteiger partial charge on any atom is 0.272 e. The Morgan fingerprint density at radius 3 is 2.64 bits per heavy atom. The summed E-state index contributed by atoms with van der Waals surface area (Å²) in [5.74, 6) is -0.237. The van der Waals surface area contributed by atoms with Gasteiger partial charge in [-0.3, -0.25) is 9.59 Å². The SMILES string of the molecule is Cc1ccc(C23Cn4cccc4C(=O)N2CCN3C(=O)c2conc2C)cc1. The minimum Gasteiger partial charge on any atom is -0.364 e. The minimum absolute atomic E-state index is 0.0610. The lowest BCUT2D eigenvalue weighted by atomic mass is 9.93. The Labute approximate surface area is 162 Å². The van der Waals surface area contributed by atoms with Crippen LogP contribution in [0.3, 0.4) is 0 Å². The van der Waals surface area contributed by atoms with Crippen LogP contribution in [0.15, 0.2) is 53.4 Å². The Kier molecular flexibility index (Phi) is 3.49. The molecule has 2 amide bonds. The van der Waals surface area contributed by atoms with Gasteiger partial charge in [0.05, 0.1) is 12.2 Å². The fourth-order valence-electron chi connectivity index (χ4n) is 4.41. The zero-order chi connectivity index (χ0) is 19.5. The molecule has 0 saturated carbocycles. The highest BCUT2D eigenvalue weighted by molar-refractivity contribution is 5.98. The van der Waals surface area contributed by atoms with Crippen molar-refractivity contribution in [3.05, 3.63) is 76.9 Å². The number of aromatic nitrogens is 2. The van der Waals surface area contributed by atoms with Gasteiger partial charge < -0.3 is 18.9 Å². The van der Waals surface area contributed by atoms with E-state index < -0.39 is 5.66 Å². The van der Waals surface area contributed by atoms with Crippen molar-refractivity contribution in [3.8, 4) is 0 Å². The molecule has 0 N–H and O–H groups in total. The number of benzene rings is 1. The van der Waals surface area contributed by atoms with Gasteiger partial charge in [0.25, 0.3) is 11.8 Å². The van der Waals surface area contributed by atoms with Crippen molar-refractivity contribution >= 4 is 11.8 Å². The molecule has 4 heterocycles. The normalized spacial score (nSPS) is 21.0. The van der Waals surface area contributed by atoms with Crippen LogP contribution in [-0.2, 0) is 12.2 Å². The molecule has 0 aliphatic carbocycles. The van der Waals surface area contributed by atoms with Crippen LogP contribution in [0.25, 0.3) is 0 Å². The second-order valence-electron chi connectivity index (χ2n) is 7.43. The van der Waals surface area contributed by atoms with E-state index in [1.165, 1.54) is 6.26 Å². The van der Waals surface area contributed by atoms with Gasteiger partial charge in [-0.15, -0.1) is 0 Å². The predicted octanol–water partition coefficient (Wildman–Crippen LogP) is 2.56. The zero-order valence-corrected chi connectivity index (χ0v) is 15.8. The van der Waals surface area contributed by atoms with E-state index in [1.807, 2.05) is 59.0 Å². The number of nitrogens with zero attached hydrogens (tertiary/aromatic N) is 4. The molecular weight excluding hydrogens is 356 g/mol. The molecule has 0 radical (unpaired) electrons. The lowest BCUT2D eigenvalue weighted by Gasteiger charge is -2.47. The van der Waals surface area contributed by atoms with E-state index in [0.29, 0.717) is 36.6 Å². The summed E-state index contributed by atoms with van der Waals surface area (Å²) in [4.78, 5) is 30.3. The van der Waals surface area contributed by atoms with Crippen LogP contribution < -0.4 is 0 Å². The highest BCUT2D eigenvalue weighted by Gasteiger charge is 2.56. The molecule has 7 heteroatoms. The van der Waals surface area contributed by atoms with Crippen molar-refractivity contribution in [1.29, 1.82) is 0 Å². The van der Waals surface area contributed by atoms with Gasteiger partial charge >= 0.3 is 0 Å². The van der Waals surface area contributed by atoms with Crippen molar-refractivity contribution in [1.82, 2.24) is 19.5 Å². The molecule has 7 nitrogen and oxygen atoms in total. The summed E-state index contributed by atoms with van der Waals surface area (Å²) in [6, 6.07) is 11.8. The summed E-state index contributed by atoms with van der Waals surface area (Å²) in [5, 5.41) is 3.85. The Bertz CT molecular complexity index is 1080. The average Bonchev–Trinajstić information content (AvgIpc) is 3.40. The van der Waals surface area contributed by atoms with E-state index >= 15 is 0 Å². The number of hydrogen-bond acceptors (Lipinski definition) is 4. The second-order valence-corrected chi connectivity index (χ2v) is 7.43. The lowest BCUT2D eigenvalue weighted by molar-refractivity contribution is -0.00597. The number of carbonyl (C=O) groups excluding carboxylic acids is 2. The maximum absolute atomic E-state index is 13.5. The monoisotopic (exact) mass is 376 g/mol. The van der Waals surface area contributed by atoms with E-state index in [2.05, 4.69) is 5.16 Å². The zero-order valence-electron chi connectivity index (χ0n) is 15.8.